The molecule has 1 heterocycles. The second-order valence-electron chi connectivity index (χ2n) is 7.59. The highest BCUT2D eigenvalue weighted by Gasteiger charge is 2.10. The molecular formula is C29H19I2N. The highest BCUT2D eigenvalue weighted by Crippen LogP contribution is 2.32. The van der Waals surface area contributed by atoms with Gasteiger partial charge in [-0.1, -0.05) is 78.9 Å². The zero-order valence-corrected chi connectivity index (χ0v) is 21.5. The lowest BCUT2D eigenvalue weighted by molar-refractivity contribution is 1.32. The number of rotatable bonds is 4. The van der Waals surface area contributed by atoms with E-state index in [2.05, 4.69) is 154 Å². The quantitative estimate of drug-likeness (QED) is 0.180. The fourth-order valence-electron chi connectivity index (χ4n) is 3.77. The number of hydrogen-bond acceptors (Lipinski definition) is 1. The van der Waals surface area contributed by atoms with Crippen LogP contribution in [0.25, 0.3) is 44.8 Å². The van der Waals surface area contributed by atoms with E-state index in [1.807, 2.05) is 6.07 Å². The zero-order chi connectivity index (χ0) is 21.9. The molecule has 0 N–H and O–H groups in total. The van der Waals surface area contributed by atoms with Gasteiger partial charge in [0, 0.05) is 18.3 Å². The molecule has 0 bridgehead atoms. The van der Waals surface area contributed by atoms with Crippen LogP contribution in [0.5, 0.6) is 0 Å². The Morgan fingerprint density at radius 3 is 1.31 bits per heavy atom. The van der Waals surface area contributed by atoms with Gasteiger partial charge in [0.25, 0.3) is 0 Å². The van der Waals surface area contributed by atoms with E-state index in [0.29, 0.717) is 0 Å². The Morgan fingerprint density at radius 1 is 0.375 bits per heavy atom. The molecule has 0 amide bonds. The Bertz CT molecular complexity index is 1310. The van der Waals surface area contributed by atoms with Gasteiger partial charge in [-0.2, -0.15) is 0 Å². The van der Waals surface area contributed by atoms with Gasteiger partial charge in [0.1, 0.15) is 0 Å². The van der Waals surface area contributed by atoms with E-state index >= 15 is 0 Å². The maximum absolute atomic E-state index is 5.04. The molecule has 0 saturated carbocycles. The minimum atomic E-state index is 0.988. The van der Waals surface area contributed by atoms with Gasteiger partial charge in [-0.15, -0.1) is 0 Å². The van der Waals surface area contributed by atoms with Crippen molar-refractivity contribution in [2.75, 3.05) is 0 Å². The van der Waals surface area contributed by atoms with Gasteiger partial charge in [0.15, 0.2) is 0 Å². The Hall–Kier alpha value is -2.51. The molecule has 1 aromatic heterocycles. The summed E-state index contributed by atoms with van der Waals surface area (Å²) < 4.78 is 2.41. The van der Waals surface area contributed by atoms with Gasteiger partial charge >= 0.3 is 0 Å². The molecule has 4 aromatic carbocycles. The van der Waals surface area contributed by atoms with E-state index in [4.69, 9.17) is 4.98 Å². The predicted molar refractivity (Wildman–Crippen MR) is 151 cm³/mol. The van der Waals surface area contributed by atoms with Crippen LogP contribution in [0.2, 0.25) is 0 Å². The first-order valence-corrected chi connectivity index (χ1v) is 12.5. The highest BCUT2D eigenvalue weighted by atomic mass is 127. The molecule has 0 atom stereocenters. The van der Waals surface area contributed by atoms with Crippen molar-refractivity contribution < 1.29 is 0 Å². The van der Waals surface area contributed by atoms with E-state index < -0.39 is 0 Å². The van der Waals surface area contributed by atoms with E-state index in [1.165, 1.54) is 29.4 Å². The molecule has 0 aliphatic carbocycles. The second kappa shape index (κ2) is 9.55. The molecule has 0 aliphatic rings. The maximum Gasteiger partial charge on any atom is 0.0716 e. The Morgan fingerprint density at radius 2 is 0.812 bits per heavy atom. The first-order valence-electron chi connectivity index (χ1n) is 10.4. The summed E-state index contributed by atoms with van der Waals surface area (Å²) in [6.45, 7) is 0. The maximum atomic E-state index is 5.04. The number of nitrogens with zero attached hydrogens (tertiary/aromatic N) is 1. The van der Waals surface area contributed by atoms with Gasteiger partial charge < -0.3 is 0 Å². The molecule has 154 valence electrons. The fourth-order valence-corrected chi connectivity index (χ4v) is 4.86. The summed E-state index contributed by atoms with van der Waals surface area (Å²) in [7, 11) is 0. The van der Waals surface area contributed by atoms with Crippen LogP contribution in [0, 0.1) is 7.14 Å². The summed E-state index contributed by atoms with van der Waals surface area (Å²) in [5.41, 5.74) is 9.04. The van der Waals surface area contributed by atoms with Crippen LogP contribution in [-0.4, -0.2) is 4.98 Å². The molecule has 5 rings (SSSR count). The van der Waals surface area contributed by atoms with Crippen LogP contribution in [-0.2, 0) is 0 Å². The SMILES string of the molecule is Ic1cccc(-c2cc(-c3ccc(-c4ccccc4)cc3)cc(-c3cccc(I)c3)n2)c1. The number of halogens is 2. The molecule has 0 fully saturated rings. The minimum absolute atomic E-state index is 0.988. The van der Waals surface area contributed by atoms with Crippen molar-refractivity contribution in [3.63, 3.8) is 0 Å². The van der Waals surface area contributed by atoms with Crippen molar-refractivity contribution in [1.82, 2.24) is 4.98 Å². The van der Waals surface area contributed by atoms with Crippen molar-refractivity contribution in [2.45, 2.75) is 0 Å². The first-order chi connectivity index (χ1) is 15.7. The molecule has 5 aromatic rings. The normalized spacial score (nSPS) is 10.8. The summed E-state index contributed by atoms with van der Waals surface area (Å²) in [5.74, 6) is 0. The molecule has 32 heavy (non-hydrogen) atoms. The topological polar surface area (TPSA) is 12.9 Å². The Balaban J connectivity index is 1.62. The van der Waals surface area contributed by atoms with Crippen LogP contribution in [0.3, 0.4) is 0 Å². The van der Waals surface area contributed by atoms with Gasteiger partial charge in [-0.3, -0.25) is 0 Å². The van der Waals surface area contributed by atoms with Crippen LogP contribution in [0.15, 0.2) is 115 Å². The minimum Gasteiger partial charge on any atom is -0.248 e. The predicted octanol–water partition coefficient (Wildman–Crippen LogP) is 8.96. The van der Waals surface area contributed by atoms with Crippen molar-refractivity contribution in [2.24, 2.45) is 0 Å². The van der Waals surface area contributed by atoms with E-state index in [0.717, 1.165) is 22.5 Å². The van der Waals surface area contributed by atoms with Gasteiger partial charge in [0.2, 0.25) is 0 Å². The summed E-state index contributed by atoms with van der Waals surface area (Å²) >= 11 is 4.71. The monoisotopic (exact) mass is 635 g/mol. The molecule has 1 nitrogen and oxygen atoms in total. The smallest absolute Gasteiger partial charge is 0.0716 e. The third-order valence-electron chi connectivity index (χ3n) is 5.39. The van der Waals surface area contributed by atoms with E-state index in [1.54, 1.807) is 0 Å². The third-order valence-corrected chi connectivity index (χ3v) is 6.73. The standard InChI is InChI=1S/C29H19I2N/c30-26-10-4-8-23(16-26)28-18-25(19-29(32-28)24-9-5-11-27(31)17-24)22-14-12-21(13-15-22)20-6-2-1-3-7-20/h1-19H. The molecule has 0 radical (unpaired) electrons. The Labute approximate surface area is 215 Å². The lowest BCUT2D eigenvalue weighted by Gasteiger charge is -2.11. The second-order valence-corrected chi connectivity index (χ2v) is 10.1. The van der Waals surface area contributed by atoms with E-state index in [9.17, 15) is 0 Å². The molecule has 0 spiro atoms. The summed E-state index contributed by atoms with van der Waals surface area (Å²) in [6, 6.07) is 40.7. The van der Waals surface area contributed by atoms with Crippen LogP contribution >= 0.6 is 45.2 Å². The number of aromatic nitrogens is 1. The number of pyridine rings is 1. The summed E-state index contributed by atoms with van der Waals surface area (Å²) in [6.07, 6.45) is 0. The van der Waals surface area contributed by atoms with Gasteiger partial charge in [0.05, 0.1) is 11.4 Å². The lowest BCUT2D eigenvalue weighted by atomic mass is 9.97. The van der Waals surface area contributed by atoms with Crippen molar-refractivity contribution in [1.29, 1.82) is 0 Å². The number of hydrogen-bond donors (Lipinski definition) is 0. The lowest BCUT2D eigenvalue weighted by Crippen LogP contribution is -1.92. The van der Waals surface area contributed by atoms with Crippen LogP contribution in [0.1, 0.15) is 0 Å². The molecule has 0 aliphatic heterocycles. The molecular weight excluding hydrogens is 616 g/mol. The average Bonchev–Trinajstić information content (AvgIpc) is 2.84. The summed E-state index contributed by atoms with van der Waals surface area (Å²) in [5, 5.41) is 0. The van der Waals surface area contributed by atoms with Gasteiger partial charge in [-0.25, -0.2) is 4.98 Å². The third kappa shape index (κ3) is 4.79. The van der Waals surface area contributed by atoms with Crippen molar-refractivity contribution in [3.8, 4) is 44.8 Å². The average molecular weight is 635 g/mol. The molecule has 0 unspecified atom stereocenters. The van der Waals surface area contributed by atoms with Crippen LogP contribution < -0.4 is 0 Å². The number of benzene rings is 4. The molecule has 3 heteroatoms. The van der Waals surface area contributed by atoms with Gasteiger partial charge in [-0.05, 0) is 104 Å². The fraction of sp³-hybridized carbons (Fsp3) is 0. The largest absolute Gasteiger partial charge is 0.248 e. The highest BCUT2D eigenvalue weighted by molar-refractivity contribution is 14.1. The summed E-state index contributed by atoms with van der Waals surface area (Å²) in [4.78, 5) is 5.04. The zero-order valence-electron chi connectivity index (χ0n) is 17.2. The van der Waals surface area contributed by atoms with Crippen LogP contribution in [0.4, 0.5) is 0 Å². The molecule has 0 saturated heterocycles. The van der Waals surface area contributed by atoms with E-state index in [-0.39, 0.29) is 0 Å². The van der Waals surface area contributed by atoms with Crippen molar-refractivity contribution in [3.05, 3.63) is 122 Å². The Kier molecular flexibility index (Phi) is 6.37. The first kappa shape index (κ1) is 21.3. The van der Waals surface area contributed by atoms with Crippen molar-refractivity contribution >= 4 is 45.2 Å².